The Bertz CT molecular complexity index is 727. The Morgan fingerprint density at radius 2 is 1.85 bits per heavy atom. The third-order valence-corrected chi connectivity index (χ3v) is 3.22. The molecule has 102 valence electrons. The van der Waals surface area contributed by atoms with E-state index in [0.717, 1.165) is 22.8 Å². The maximum Gasteiger partial charge on any atom is 0.252 e. The van der Waals surface area contributed by atoms with Crippen molar-refractivity contribution in [3.8, 4) is 5.69 Å². The first-order valence-corrected chi connectivity index (χ1v) is 6.28. The largest absolute Gasteiger partial charge is 0.320 e. The van der Waals surface area contributed by atoms with Gasteiger partial charge in [0.25, 0.3) is 5.95 Å². The Kier molecular flexibility index (Phi) is 2.94. The lowest BCUT2D eigenvalue weighted by Gasteiger charge is -2.07. The maximum atomic E-state index is 4.37. The number of hydrogen-bond donors (Lipinski definition) is 1. The molecule has 0 fully saturated rings. The standard InChI is InChI=1S/C13H15N7/c1-9-12(10(2)19(3)16-9)14-13-15-17-18-20(13)11-7-5-4-6-8-11/h4-8H,1-3H3,(H,14,15,18). The summed E-state index contributed by atoms with van der Waals surface area (Å²) in [7, 11) is 1.91. The molecular formula is C13H15N7. The quantitative estimate of drug-likeness (QED) is 0.784. The van der Waals surface area contributed by atoms with Crippen LogP contribution in [0.1, 0.15) is 11.4 Å². The number of nitrogens with one attached hydrogen (secondary N) is 1. The molecule has 0 radical (unpaired) electrons. The second-order valence-electron chi connectivity index (χ2n) is 4.54. The zero-order valence-electron chi connectivity index (χ0n) is 11.6. The SMILES string of the molecule is Cc1nn(C)c(C)c1Nc1nnnn1-c1ccccc1. The second-order valence-corrected chi connectivity index (χ2v) is 4.54. The molecule has 0 aliphatic rings. The molecule has 3 aromatic rings. The monoisotopic (exact) mass is 269 g/mol. The Morgan fingerprint density at radius 1 is 1.10 bits per heavy atom. The summed E-state index contributed by atoms with van der Waals surface area (Å²) in [5, 5.41) is 19.4. The molecule has 7 heteroatoms. The van der Waals surface area contributed by atoms with Crippen LogP contribution in [0, 0.1) is 13.8 Å². The van der Waals surface area contributed by atoms with Crippen LogP contribution in [-0.2, 0) is 7.05 Å². The molecule has 0 saturated carbocycles. The van der Waals surface area contributed by atoms with Crippen LogP contribution in [0.2, 0.25) is 0 Å². The highest BCUT2D eigenvalue weighted by atomic mass is 15.6. The lowest BCUT2D eigenvalue weighted by atomic mass is 10.3. The van der Waals surface area contributed by atoms with Gasteiger partial charge in [-0.15, -0.1) is 0 Å². The minimum absolute atomic E-state index is 0.565. The fourth-order valence-corrected chi connectivity index (χ4v) is 2.07. The van der Waals surface area contributed by atoms with Crippen molar-refractivity contribution < 1.29 is 0 Å². The topological polar surface area (TPSA) is 73.5 Å². The Morgan fingerprint density at radius 3 is 2.50 bits per heavy atom. The van der Waals surface area contributed by atoms with Crippen LogP contribution < -0.4 is 5.32 Å². The molecule has 0 amide bonds. The fraction of sp³-hybridized carbons (Fsp3) is 0.231. The van der Waals surface area contributed by atoms with Crippen molar-refractivity contribution in [2.75, 3.05) is 5.32 Å². The van der Waals surface area contributed by atoms with Crippen LogP contribution >= 0.6 is 0 Å². The van der Waals surface area contributed by atoms with Crippen LogP contribution in [0.15, 0.2) is 30.3 Å². The summed E-state index contributed by atoms with van der Waals surface area (Å²) in [6.07, 6.45) is 0. The number of hydrogen-bond acceptors (Lipinski definition) is 5. The van der Waals surface area contributed by atoms with E-state index in [9.17, 15) is 0 Å². The lowest BCUT2D eigenvalue weighted by Crippen LogP contribution is -2.04. The average Bonchev–Trinajstić information content (AvgIpc) is 3.01. The highest BCUT2D eigenvalue weighted by Gasteiger charge is 2.14. The number of nitrogens with zero attached hydrogens (tertiary/aromatic N) is 6. The molecule has 0 bridgehead atoms. The van der Waals surface area contributed by atoms with Gasteiger partial charge in [-0.1, -0.05) is 23.3 Å². The van der Waals surface area contributed by atoms with Crippen LogP contribution in [0.3, 0.4) is 0 Å². The van der Waals surface area contributed by atoms with Crippen molar-refractivity contribution >= 4 is 11.6 Å². The molecule has 2 aromatic heterocycles. The van der Waals surface area contributed by atoms with E-state index in [2.05, 4.69) is 25.9 Å². The zero-order chi connectivity index (χ0) is 14.1. The summed E-state index contributed by atoms with van der Waals surface area (Å²) < 4.78 is 3.49. The van der Waals surface area contributed by atoms with Gasteiger partial charge in [0.2, 0.25) is 0 Å². The van der Waals surface area contributed by atoms with Crippen molar-refractivity contribution in [2.24, 2.45) is 7.05 Å². The molecule has 0 atom stereocenters. The van der Waals surface area contributed by atoms with Gasteiger partial charge in [0, 0.05) is 7.05 Å². The number of para-hydroxylation sites is 1. The van der Waals surface area contributed by atoms with Gasteiger partial charge >= 0.3 is 0 Å². The molecule has 0 spiro atoms. The molecule has 20 heavy (non-hydrogen) atoms. The Balaban J connectivity index is 1.99. The number of benzene rings is 1. The number of rotatable bonds is 3. The predicted molar refractivity (Wildman–Crippen MR) is 75.1 cm³/mol. The van der Waals surface area contributed by atoms with Crippen molar-refractivity contribution in [3.05, 3.63) is 41.7 Å². The first-order valence-electron chi connectivity index (χ1n) is 6.28. The molecular weight excluding hydrogens is 254 g/mol. The van der Waals surface area contributed by atoms with Crippen molar-refractivity contribution in [1.82, 2.24) is 30.0 Å². The molecule has 7 nitrogen and oxygen atoms in total. The summed E-state index contributed by atoms with van der Waals surface area (Å²) in [4.78, 5) is 0. The summed E-state index contributed by atoms with van der Waals surface area (Å²) in [5.41, 5.74) is 3.77. The highest BCUT2D eigenvalue weighted by molar-refractivity contribution is 5.60. The number of tetrazole rings is 1. The molecule has 0 aliphatic heterocycles. The second kappa shape index (κ2) is 4.76. The van der Waals surface area contributed by atoms with E-state index in [1.54, 1.807) is 4.68 Å². The number of anilines is 2. The van der Waals surface area contributed by atoms with Gasteiger partial charge in [0.1, 0.15) is 0 Å². The molecule has 1 aromatic carbocycles. The van der Waals surface area contributed by atoms with Crippen LogP contribution in [-0.4, -0.2) is 30.0 Å². The number of aromatic nitrogens is 6. The lowest BCUT2D eigenvalue weighted by molar-refractivity contribution is 0.731. The highest BCUT2D eigenvalue weighted by Crippen LogP contribution is 2.23. The van der Waals surface area contributed by atoms with E-state index in [1.165, 1.54) is 0 Å². The molecule has 0 saturated heterocycles. The summed E-state index contributed by atoms with van der Waals surface area (Å²) >= 11 is 0. The first-order chi connectivity index (χ1) is 9.66. The van der Waals surface area contributed by atoms with Gasteiger partial charge in [-0.3, -0.25) is 4.68 Å². The zero-order valence-corrected chi connectivity index (χ0v) is 11.6. The Labute approximate surface area is 116 Å². The molecule has 2 heterocycles. The van der Waals surface area contributed by atoms with Crippen molar-refractivity contribution in [2.45, 2.75) is 13.8 Å². The van der Waals surface area contributed by atoms with E-state index < -0.39 is 0 Å². The Hall–Kier alpha value is -2.70. The average molecular weight is 269 g/mol. The van der Waals surface area contributed by atoms with Crippen molar-refractivity contribution in [3.63, 3.8) is 0 Å². The third kappa shape index (κ3) is 2.03. The molecule has 3 rings (SSSR count). The van der Waals surface area contributed by atoms with E-state index in [1.807, 2.05) is 55.9 Å². The van der Waals surface area contributed by atoms with Crippen LogP contribution in [0.25, 0.3) is 5.69 Å². The van der Waals surface area contributed by atoms with Crippen molar-refractivity contribution in [1.29, 1.82) is 0 Å². The van der Waals surface area contributed by atoms with Gasteiger partial charge in [0.05, 0.1) is 22.8 Å². The summed E-state index contributed by atoms with van der Waals surface area (Å²) in [6, 6.07) is 9.74. The third-order valence-electron chi connectivity index (χ3n) is 3.22. The van der Waals surface area contributed by atoms with Gasteiger partial charge in [-0.05, 0) is 36.4 Å². The van der Waals surface area contributed by atoms with E-state index in [-0.39, 0.29) is 0 Å². The fourth-order valence-electron chi connectivity index (χ4n) is 2.07. The minimum Gasteiger partial charge on any atom is -0.320 e. The van der Waals surface area contributed by atoms with E-state index in [4.69, 9.17) is 0 Å². The van der Waals surface area contributed by atoms with E-state index in [0.29, 0.717) is 5.95 Å². The smallest absolute Gasteiger partial charge is 0.252 e. The van der Waals surface area contributed by atoms with Crippen LogP contribution in [0.4, 0.5) is 11.6 Å². The first kappa shape index (κ1) is 12.3. The van der Waals surface area contributed by atoms with Crippen LogP contribution in [0.5, 0.6) is 0 Å². The molecule has 0 unspecified atom stereocenters. The van der Waals surface area contributed by atoms with Gasteiger partial charge < -0.3 is 5.32 Å². The number of aryl methyl sites for hydroxylation is 2. The maximum absolute atomic E-state index is 4.37. The molecule has 0 aliphatic carbocycles. The summed E-state index contributed by atoms with van der Waals surface area (Å²) in [5.74, 6) is 0.565. The summed E-state index contributed by atoms with van der Waals surface area (Å²) in [6.45, 7) is 3.95. The van der Waals surface area contributed by atoms with Gasteiger partial charge in [-0.25, -0.2) is 0 Å². The molecule has 1 N–H and O–H groups in total. The minimum atomic E-state index is 0.565. The predicted octanol–water partition coefficient (Wildman–Crippen LogP) is 1.76. The van der Waals surface area contributed by atoms with Gasteiger partial charge in [0.15, 0.2) is 0 Å². The normalized spacial score (nSPS) is 10.8. The van der Waals surface area contributed by atoms with Gasteiger partial charge in [-0.2, -0.15) is 9.78 Å². The van der Waals surface area contributed by atoms with E-state index >= 15 is 0 Å².